The molecule has 0 fully saturated rings. The van der Waals surface area contributed by atoms with Gasteiger partial charge in [-0.25, -0.2) is 9.97 Å². The number of aryl methyl sites for hydroxylation is 1. The third-order valence-corrected chi connectivity index (χ3v) is 10.6. The molecule has 0 unspecified atom stereocenters. The van der Waals surface area contributed by atoms with Gasteiger partial charge in [-0.3, -0.25) is 4.57 Å². The number of fused-ring (bicyclic) bond motifs is 7. The molecule has 0 atom stereocenters. The van der Waals surface area contributed by atoms with Crippen LogP contribution in [0.2, 0.25) is 0 Å². The molecule has 3 aromatic heterocycles. The van der Waals surface area contributed by atoms with Crippen LogP contribution in [0.25, 0.3) is 50.0 Å². The van der Waals surface area contributed by atoms with E-state index in [1.165, 1.54) is 16.8 Å². The van der Waals surface area contributed by atoms with Gasteiger partial charge in [0.1, 0.15) is 23.1 Å². The second-order valence-corrected chi connectivity index (χ2v) is 14.0. The number of imidazole rings is 1. The lowest BCUT2D eigenvalue weighted by molar-refractivity contribution is 0.483. The maximum absolute atomic E-state index is 6.65. The maximum atomic E-state index is 6.65. The average molecular weight is 674 g/mol. The molecule has 6 heteroatoms. The normalized spacial score (nSPS) is 13.4. The van der Waals surface area contributed by atoms with Crippen LogP contribution in [0.4, 0.5) is 17.1 Å². The lowest BCUT2D eigenvalue weighted by Crippen LogP contribution is -2.31. The number of ether oxygens (including phenoxy) is 1. The van der Waals surface area contributed by atoms with Gasteiger partial charge in [-0.15, -0.1) is 0 Å². The zero-order chi connectivity index (χ0) is 35.0. The van der Waals surface area contributed by atoms with Crippen molar-refractivity contribution in [2.45, 2.75) is 19.3 Å². The molecule has 0 saturated carbocycles. The molecule has 6 aromatic carbocycles. The molecule has 1 aliphatic heterocycles. The second-order valence-electron chi connectivity index (χ2n) is 14.0. The van der Waals surface area contributed by atoms with E-state index >= 15 is 0 Å². The SMILES string of the molecule is Cn1c(-c2cccc(Oc3ccc4c5ccc6c(c5n(-c5ccccn5)c4c3)N(c3ccccc3)c3ccccc3C6(C)C)c2)nc2ccccc21. The van der Waals surface area contributed by atoms with Crippen molar-refractivity contribution < 1.29 is 4.74 Å². The van der Waals surface area contributed by atoms with E-state index in [4.69, 9.17) is 14.7 Å². The first-order chi connectivity index (χ1) is 25.5. The number of aromatic nitrogens is 4. The molecule has 0 amide bonds. The summed E-state index contributed by atoms with van der Waals surface area (Å²) in [6.07, 6.45) is 1.86. The van der Waals surface area contributed by atoms with E-state index < -0.39 is 0 Å². The molecule has 9 aromatic rings. The van der Waals surface area contributed by atoms with Crippen LogP contribution in [-0.4, -0.2) is 19.1 Å². The Kier molecular flexibility index (Phi) is 6.64. The molecule has 52 heavy (non-hydrogen) atoms. The van der Waals surface area contributed by atoms with Gasteiger partial charge in [-0.05, 0) is 77.9 Å². The molecule has 1 aliphatic rings. The zero-order valence-corrected chi connectivity index (χ0v) is 29.2. The van der Waals surface area contributed by atoms with Gasteiger partial charge in [0, 0.05) is 46.7 Å². The minimum atomic E-state index is -0.241. The Labute approximate surface area is 301 Å². The summed E-state index contributed by atoms with van der Waals surface area (Å²) in [4.78, 5) is 12.3. The van der Waals surface area contributed by atoms with Crippen LogP contribution in [0.15, 0.2) is 158 Å². The fourth-order valence-corrected chi connectivity index (χ4v) is 8.13. The van der Waals surface area contributed by atoms with Gasteiger partial charge < -0.3 is 14.2 Å². The highest BCUT2D eigenvalue weighted by Crippen LogP contribution is 2.55. The van der Waals surface area contributed by atoms with Crippen LogP contribution in [0.3, 0.4) is 0 Å². The molecular formula is C46H35N5O. The highest BCUT2D eigenvalue weighted by atomic mass is 16.5. The largest absolute Gasteiger partial charge is 0.457 e. The number of pyridine rings is 1. The third-order valence-electron chi connectivity index (χ3n) is 10.6. The number of anilines is 3. The fraction of sp³-hybridized carbons (Fsp3) is 0.0870. The van der Waals surface area contributed by atoms with Crippen LogP contribution in [0.5, 0.6) is 11.5 Å². The van der Waals surface area contributed by atoms with E-state index in [9.17, 15) is 0 Å². The van der Waals surface area contributed by atoms with Gasteiger partial charge in [0.15, 0.2) is 0 Å². The van der Waals surface area contributed by atoms with Crippen LogP contribution in [-0.2, 0) is 12.5 Å². The van der Waals surface area contributed by atoms with Gasteiger partial charge in [0.25, 0.3) is 0 Å². The van der Waals surface area contributed by atoms with Gasteiger partial charge in [-0.1, -0.05) is 92.7 Å². The Morgan fingerprint density at radius 2 is 1.38 bits per heavy atom. The minimum Gasteiger partial charge on any atom is -0.457 e. The summed E-state index contributed by atoms with van der Waals surface area (Å²) in [5.74, 6) is 3.24. The van der Waals surface area contributed by atoms with Crippen LogP contribution < -0.4 is 9.64 Å². The van der Waals surface area contributed by atoms with Crippen molar-refractivity contribution in [3.8, 4) is 28.7 Å². The number of hydrogen-bond acceptors (Lipinski definition) is 4. The quantitative estimate of drug-likeness (QED) is 0.182. The minimum absolute atomic E-state index is 0.241. The van der Waals surface area contributed by atoms with Gasteiger partial charge in [0.05, 0.1) is 33.4 Å². The summed E-state index contributed by atoms with van der Waals surface area (Å²) in [5.41, 5.74) is 11.0. The van der Waals surface area contributed by atoms with Crippen LogP contribution >= 0.6 is 0 Å². The maximum Gasteiger partial charge on any atom is 0.140 e. The Balaban J connectivity index is 1.18. The van der Waals surface area contributed by atoms with Gasteiger partial charge in [-0.2, -0.15) is 0 Å². The van der Waals surface area contributed by atoms with Crippen molar-refractivity contribution in [1.82, 2.24) is 19.1 Å². The smallest absolute Gasteiger partial charge is 0.140 e. The first kappa shape index (κ1) is 30.2. The molecule has 4 heterocycles. The van der Waals surface area contributed by atoms with Crippen LogP contribution in [0.1, 0.15) is 25.0 Å². The van der Waals surface area contributed by atoms with E-state index in [1.807, 2.05) is 42.6 Å². The number of rotatable bonds is 5. The molecule has 0 saturated heterocycles. The Hall–Kier alpha value is -6.66. The monoisotopic (exact) mass is 673 g/mol. The van der Waals surface area contributed by atoms with Gasteiger partial charge >= 0.3 is 0 Å². The standard InChI is InChI=1S/C46H35N5O/c1-46(2)36-18-7-9-20-39(36)50(31-15-5-4-6-16-31)44-37(46)26-25-35-34-24-23-33(29-41(34)51(43(35)44)42-22-11-12-27-47-42)52-32-17-13-14-30(28-32)45-48-38-19-8-10-21-40(38)49(45)3/h4-29H,1-3H3. The molecule has 0 N–H and O–H groups in total. The van der Waals surface area contributed by atoms with E-state index in [-0.39, 0.29) is 5.41 Å². The molecule has 0 aliphatic carbocycles. The summed E-state index contributed by atoms with van der Waals surface area (Å²) >= 11 is 0. The lowest BCUT2D eigenvalue weighted by atomic mass is 9.73. The molecule has 6 nitrogen and oxygen atoms in total. The van der Waals surface area contributed by atoms with Crippen molar-refractivity contribution in [2.75, 3.05) is 4.90 Å². The summed E-state index contributed by atoms with van der Waals surface area (Å²) in [6.45, 7) is 4.67. The molecule has 10 rings (SSSR count). The number of benzene rings is 6. The van der Waals surface area contributed by atoms with Gasteiger partial charge in [0.2, 0.25) is 0 Å². The summed E-state index contributed by atoms with van der Waals surface area (Å²) in [6, 6.07) is 53.0. The molecule has 0 bridgehead atoms. The Bertz CT molecular complexity index is 2820. The molecule has 0 radical (unpaired) electrons. The van der Waals surface area contributed by atoms with E-state index in [0.29, 0.717) is 0 Å². The highest BCUT2D eigenvalue weighted by Gasteiger charge is 2.39. The first-order valence-electron chi connectivity index (χ1n) is 17.6. The van der Waals surface area contributed by atoms with E-state index in [1.54, 1.807) is 0 Å². The van der Waals surface area contributed by atoms with Crippen molar-refractivity contribution in [2.24, 2.45) is 7.05 Å². The Morgan fingerprint density at radius 1 is 0.615 bits per heavy atom. The fourth-order valence-electron chi connectivity index (χ4n) is 8.13. The van der Waals surface area contributed by atoms with E-state index in [2.05, 4.69) is 150 Å². The first-order valence-corrected chi connectivity index (χ1v) is 17.6. The molecular weight excluding hydrogens is 639 g/mol. The van der Waals surface area contributed by atoms with Crippen molar-refractivity contribution in [3.05, 3.63) is 169 Å². The summed E-state index contributed by atoms with van der Waals surface area (Å²) < 4.78 is 11.1. The van der Waals surface area contributed by atoms with Crippen molar-refractivity contribution >= 4 is 49.9 Å². The molecule has 250 valence electrons. The number of hydrogen-bond donors (Lipinski definition) is 0. The molecule has 0 spiro atoms. The highest BCUT2D eigenvalue weighted by molar-refractivity contribution is 6.16. The average Bonchev–Trinajstić information content (AvgIpc) is 3.70. The predicted molar refractivity (Wildman–Crippen MR) is 212 cm³/mol. The summed E-state index contributed by atoms with van der Waals surface area (Å²) in [5, 5.41) is 2.29. The second kappa shape index (κ2) is 11.4. The summed E-state index contributed by atoms with van der Waals surface area (Å²) in [7, 11) is 2.06. The Morgan fingerprint density at radius 3 is 2.23 bits per heavy atom. The van der Waals surface area contributed by atoms with Crippen LogP contribution in [0, 0.1) is 0 Å². The number of para-hydroxylation sites is 4. The van der Waals surface area contributed by atoms with Crippen molar-refractivity contribution in [1.29, 1.82) is 0 Å². The third kappa shape index (κ3) is 4.50. The predicted octanol–water partition coefficient (Wildman–Crippen LogP) is 11.6. The van der Waals surface area contributed by atoms with E-state index in [0.717, 1.165) is 72.9 Å². The number of nitrogens with zero attached hydrogens (tertiary/aromatic N) is 5. The van der Waals surface area contributed by atoms with Crippen molar-refractivity contribution in [3.63, 3.8) is 0 Å². The topological polar surface area (TPSA) is 48.1 Å². The lowest BCUT2D eigenvalue weighted by Gasteiger charge is -2.42. The zero-order valence-electron chi connectivity index (χ0n) is 29.2.